The number of hydrogen-bond donors (Lipinski definition) is 0. The molecule has 0 unspecified atom stereocenters. The number of Topliss-reactive ketones (excluding diaryl/α,β-unsaturated/α-hetero) is 1. The Morgan fingerprint density at radius 1 is 1.11 bits per heavy atom. The van der Waals surface area contributed by atoms with Crippen molar-refractivity contribution >= 4 is 27.7 Å². The molecule has 0 saturated heterocycles. The van der Waals surface area contributed by atoms with Crippen LogP contribution in [0.2, 0.25) is 0 Å². The van der Waals surface area contributed by atoms with E-state index in [0.717, 1.165) is 0 Å². The first kappa shape index (κ1) is 14.5. The molecule has 0 aromatic heterocycles. The van der Waals surface area contributed by atoms with Gasteiger partial charge in [0.25, 0.3) is 0 Å². The number of benzene rings is 1. The van der Waals surface area contributed by atoms with Gasteiger partial charge in [-0.2, -0.15) is 0 Å². The summed E-state index contributed by atoms with van der Waals surface area (Å²) in [6.45, 7) is 0. The first-order chi connectivity index (χ1) is 8.53. The van der Waals surface area contributed by atoms with E-state index in [1.807, 2.05) is 0 Å². The molecule has 1 aromatic rings. The molecular weight excluding hydrogens is 304 g/mol. The number of ketones is 1. The van der Waals surface area contributed by atoms with Gasteiger partial charge in [0.1, 0.15) is 11.5 Å². The molecule has 0 heterocycles. The molecule has 6 heteroatoms. The minimum Gasteiger partial charge on any atom is -0.496 e. The molecule has 0 bridgehead atoms. The molecular formula is C12H13BrO5. The standard InChI is InChI=1S/C12H13BrO5/c1-16-10-6-8(13)11(17-2)5-7(10)4-9(14)12(15)18-3/h5-6H,4H2,1-3H3. The number of esters is 1. The Kier molecular flexibility index (Phi) is 5.15. The third kappa shape index (κ3) is 3.22. The summed E-state index contributed by atoms with van der Waals surface area (Å²) in [6.07, 6.45) is -0.0977. The predicted molar refractivity (Wildman–Crippen MR) is 68.0 cm³/mol. The van der Waals surface area contributed by atoms with Gasteiger partial charge in [-0.15, -0.1) is 0 Å². The summed E-state index contributed by atoms with van der Waals surface area (Å²) in [6, 6.07) is 3.32. The van der Waals surface area contributed by atoms with Gasteiger partial charge in [-0.3, -0.25) is 4.79 Å². The van der Waals surface area contributed by atoms with E-state index in [0.29, 0.717) is 21.5 Å². The van der Waals surface area contributed by atoms with Crippen LogP contribution in [0, 0.1) is 0 Å². The third-order valence-corrected chi connectivity index (χ3v) is 2.94. The lowest BCUT2D eigenvalue weighted by Gasteiger charge is -2.11. The number of hydrogen-bond acceptors (Lipinski definition) is 5. The minimum atomic E-state index is -0.876. The van der Waals surface area contributed by atoms with Crippen LogP contribution in [-0.2, 0) is 20.7 Å². The van der Waals surface area contributed by atoms with E-state index >= 15 is 0 Å². The quantitative estimate of drug-likeness (QED) is 0.612. The number of carbonyl (C=O) groups is 2. The zero-order chi connectivity index (χ0) is 13.7. The lowest BCUT2D eigenvalue weighted by molar-refractivity contribution is -0.151. The second-order valence-electron chi connectivity index (χ2n) is 3.39. The van der Waals surface area contributed by atoms with Crippen molar-refractivity contribution in [1.82, 2.24) is 0 Å². The van der Waals surface area contributed by atoms with E-state index in [2.05, 4.69) is 20.7 Å². The molecule has 0 fully saturated rings. The first-order valence-corrected chi connectivity index (χ1v) is 5.84. The van der Waals surface area contributed by atoms with Crippen molar-refractivity contribution in [2.75, 3.05) is 21.3 Å². The molecule has 0 aliphatic carbocycles. The molecule has 0 amide bonds. The summed E-state index contributed by atoms with van der Waals surface area (Å²) in [5.74, 6) is -0.456. The lowest BCUT2D eigenvalue weighted by Crippen LogP contribution is -2.18. The summed E-state index contributed by atoms with van der Waals surface area (Å²) in [5, 5.41) is 0. The largest absolute Gasteiger partial charge is 0.496 e. The molecule has 0 aliphatic heterocycles. The van der Waals surface area contributed by atoms with Crippen molar-refractivity contribution < 1.29 is 23.8 Å². The van der Waals surface area contributed by atoms with E-state index in [1.54, 1.807) is 12.1 Å². The van der Waals surface area contributed by atoms with Crippen molar-refractivity contribution in [2.24, 2.45) is 0 Å². The van der Waals surface area contributed by atoms with Crippen molar-refractivity contribution in [3.8, 4) is 11.5 Å². The van der Waals surface area contributed by atoms with Crippen LogP contribution >= 0.6 is 15.9 Å². The van der Waals surface area contributed by atoms with Gasteiger partial charge in [-0.1, -0.05) is 0 Å². The zero-order valence-electron chi connectivity index (χ0n) is 10.3. The number of halogens is 1. The molecule has 0 radical (unpaired) electrons. The highest BCUT2D eigenvalue weighted by Gasteiger charge is 2.18. The summed E-state index contributed by atoms with van der Waals surface area (Å²) in [4.78, 5) is 22.6. The molecule has 0 aliphatic rings. The maximum atomic E-state index is 11.5. The fraction of sp³-hybridized carbons (Fsp3) is 0.333. The highest BCUT2D eigenvalue weighted by atomic mass is 79.9. The fourth-order valence-corrected chi connectivity index (χ4v) is 1.91. The Morgan fingerprint density at radius 2 is 1.72 bits per heavy atom. The average molecular weight is 317 g/mol. The summed E-state index contributed by atoms with van der Waals surface area (Å²) < 4.78 is 15.3. The summed E-state index contributed by atoms with van der Waals surface area (Å²) in [5.41, 5.74) is 0.563. The lowest BCUT2D eigenvalue weighted by atomic mass is 10.1. The SMILES string of the molecule is COC(=O)C(=O)Cc1cc(OC)c(Br)cc1OC. The summed E-state index contributed by atoms with van der Waals surface area (Å²) >= 11 is 3.31. The van der Waals surface area contributed by atoms with Gasteiger partial charge in [-0.05, 0) is 28.1 Å². The zero-order valence-corrected chi connectivity index (χ0v) is 11.9. The van der Waals surface area contributed by atoms with E-state index in [4.69, 9.17) is 9.47 Å². The Bertz CT molecular complexity index is 470. The van der Waals surface area contributed by atoms with Crippen LogP contribution < -0.4 is 9.47 Å². The van der Waals surface area contributed by atoms with Crippen LogP contribution in [0.5, 0.6) is 11.5 Å². The Balaban J connectivity index is 3.07. The van der Waals surface area contributed by atoms with Gasteiger partial charge in [0.15, 0.2) is 0 Å². The molecule has 0 atom stereocenters. The maximum Gasteiger partial charge on any atom is 0.374 e. The van der Waals surface area contributed by atoms with Crippen LogP contribution in [-0.4, -0.2) is 33.1 Å². The van der Waals surface area contributed by atoms with Crippen molar-refractivity contribution in [3.63, 3.8) is 0 Å². The second kappa shape index (κ2) is 6.39. The average Bonchev–Trinajstić information content (AvgIpc) is 2.38. The molecule has 0 saturated carbocycles. The Hall–Kier alpha value is -1.56. The second-order valence-corrected chi connectivity index (χ2v) is 4.24. The topological polar surface area (TPSA) is 61.8 Å². The normalized spacial score (nSPS) is 9.78. The third-order valence-electron chi connectivity index (χ3n) is 2.32. The molecule has 1 aromatic carbocycles. The van der Waals surface area contributed by atoms with E-state index in [9.17, 15) is 9.59 Å². The van der Waals surface area contributed by atoms with Crippen LogP contribution in [0.15, 0.2) is 16.6 Å². The molecule has 98 valence electrons. The van der Waals surface area contributed by atoms with Crippen LogP contribution in [0.4, 0.5) is 0 Å². The highest BCUT2D eigenvalue weighted by molar-refractivity contribution is 9.10. The molecule has 0 spiro atoms. The predicted octanol–water partition coefficient (Wildman–Crippen LogP) is 1.75. The van der Waals surface area contributed by atoms with Crippen LogP contribution in [0.3, 0.4) is 0 Å². The molecule has 1 rings (SSSR count). The Morgan fingerprint density at radius 3 is 2.22 bits per heavy atom. The van der Waals surface area contributed by atoms with Gasteiger partial charge in [-0.25, -0.2) is 4.79 Å². The van der Waals surface area contributed by atoms with Crippen molar-refractivity contribution in [2.45, 2.75) is 6.42 Å². The number of ether oxygens (including phenoxy) is 3. The van der Waals surface area contributed by atoms with Crippen LogP contribution in [0.25, 0.3) is 0 Å². The highest BCUT2D eigenvalue weighted by Crippen LogP contribution is 2.33. The van der Waals surface area contributed by atoms with Crippen LogP contribution in [0.1, 0.15) is 5.56 Å². The van der Waals surface area contributed by atoms with Crippen molar-refractivity contribution in [1.29, 1.82) is 0 Å². The van der Waals surface area contributed by atoms with E-state index in [-0.39, 0.29) is 6.42 Å². The fourth-order valence-electron chi connectivity index (χ4n) is 1.42. The maximum absolute atomic E-state index is 11.5. The van der Waals surface area contributed by atoms with Gasteiger partial charge in [0.05, 0.1) is 25.8 Å². The van der Waals surface area contributed by atoms with E-state index < -0.39 is 11.8 Å². The summed E-state index contributed by atoms with van der Waals surface area (Å²) in [7, 11) is 4.17. The number of carbonyl (C=O) groups excluding carboxylic acids is 2. The number of rotatable bonds is 5. The van der Waals surface area contributed by atoms with Gasteiger partial charge < -0.3 is 14.2 Å². The monoisotopic (exact) mass is 316 g/mol. The minimum absolute atomic E-state index is 0.0977. The van der Waals surface area contributed by atoms with Gasteiger partial charge >= 0.3 is 5.97 Å². The number of methoxy groups -OCH3 is 3. The van der Waals surface area contributed by atoms with E-state index in [1.165, 1.54) is 21.3 Å². The first-order valence-electron chi connectivity index (χ1n) is 5.05. The smallest absolute Gasteiger partial charge is 0.374 e. The molecule has 5 nitrogen and oxygen atoms in total. The van der Waals surface area contributed by atoms with Gasteiger partial charge in [0.2, 0.25) is 5.78 Å². The van der Waals surface area contributed by atoms with Crippen molar-refractivity contribution in [3.05, 3.63) is 22.2 Å². The van der Waals surface area contributed by atoms with Gasteiger partial charge in [0, 0.05) is 12.0 Å². The molecule has 0 N–H and O–H groups in total. The Labute approximate surface area is 113 Å². The molecule has 18 heavy (non-hydrogen) atoms.